The van der Waals surface area contributed by atoms with Crippen LogP contribution in [0, 0.1) is 0 Å². The van der Waals surface area contributed by atoms with Gasteiger partial charge in [-0.05, 0) is 62.8 Å². The Labute approximate surface area is 211 Å². The normalized spacial score (nSPS) is 21.6. The topological polar surface area (TPSA) is 107 Å². The molecule has 0 radical (unpaired) electrons. The van der Waals surface area contributed by atoms with Crippen LogP contribution in [0.4, 0.5) is 0 Å². The molecule has 0 spiro atoms. The van der Waals surface area contributed by atoms with Gasteiger partial charge in [-0.25, -0.2) is 17.9 Å². The predicted molar refractivity (Wildman–Crippen MR) is 134 cm³/mol. The van der Waals surface area contributed by atoms with Crippen LogP contribution in [-0.2, 0) is 21.3 Å². The summed E-state index contributed by atoms with van der Waals surface area (Å²) in [5.74, 6) is 0.623. The van der Waals surface area contributed by atoms with E-state index in [2.05, 4.69) is 5.10 Å². The first-order valence-corrected chi connectivity index (χ1v) is 14.4. The van der Waals surface area contributed by atoms with Crippen LogP contribution in [0.15, 0.2) is 34.0 Å². The van der Waals surface area contributed by atoms with Crippen molar-refractivity contribution in [2.75, 3.05) is 39.9 Å². The second-order valence-corrected chi connectivity index (χ2v) is 12.0. The molecule has 0 bridgehead atoms. The van der Waals surface area contributed by atoms with E-state index in [0.717, 1.165) is 50.8 Å². The van der Waals surface area contributed by atoms with Crippen molar-refractivity contribution in [1.82, 2.24) is 23.6 Å². The molecule has 1 unspecified atom stereocenters. The molecular weight excluding hydrogens is 482 g/mol. The van der Waals surface area contributed by atoms with Gasteiger partial charge in [-0.15, -0.1) is 0 Å². The van der Waals surface area contributed by atoms with E-state index in [-0.39, 0.29) is 28.5 Å². The van der Waals surface area contributed by atoms with Crippen molar-refractivity contribution in [3.8, 4) is 0 Å². The van der Waals surface area contributed by atoms with Gasteiger partial charge in [-0.3, -0.25) is 9.36 Å². The molecule has 1 aliphatic carbocycles. The minimum atomic E-state index is -3.53. The molecule has 36 heavy (non-hydrogen) atoms. The molecule has 11 heteroatoms. The maximum absolute atomic E-state index is 13.3. The van der Waals surface area contributed by atoms with E-state index in [1.54, 1.807) is 36.3 Å². The van der Waals surface area contributed by atoms with E-state index < -0.39 is 10.0 Å². The van der Waals surface area contributed by atoms with Crippen molar-refractivity contribution >= 4 is 15.9 Å². The number of ether oxygens (including phenoxy) is 1. The molecule has 2 aromatic rings. The number of methoxy groups -OCH3 is 1. The van der Waals surface area contributed by atoms with Crippen LogP contribution in [-0.4, -0.2) is 77.8 Å². The van der Waals surface area contributed by atoms with E-state index in [0.29, 0.717) is 44.9 Å². The Balaban J connectivity index is 1.31. The fourth-order valence-electron chi connectivity index (χ4n) is 5.29. The van der Waals surface area contributed by atoms with Gasteiger partial charge in [0.05, 0.1) is 18.0 Å². The van der Waals surface area contributed by atoms with Crippen LogP contribution in [0.2, 0.25) is 0 Å². The Morgan fingerprint density at radius 2 is 1.75 bits per heavy atom. The Morgan fingerprint density at radius 3 is 2.42 bits per heavy atom. The van der Waals surface area contributed by atoms with Crippen molar-refractivity contribution in [3.63, 3.8) is 0 Å². The summed E-state index contributed by atoms with van der Waals surface area (Å²) in [7, 11) is -1.93. The molecule has 196 valence electrons. The molecule has 10 nitrogen and oxygen atoms in total. The number of piperidine rings is 2. The molecular formula is C25H35N5O5S. The number of sulfonamides is 1. The minimum absolute atomic E-state index is 0.0152. The van der Waals surface area contributed by atoms with Crippen molar-refractivity contribution in [2.45, 2.75) is 68.3 Å². The first-order chi connectivity index (χ1) is 17.4. The Kier molecular flexibility index (Phi) is 7.32. The fraction of sp³-hybridized carbons (Fsp3) is 0.640. The van der Waals surface area contributed by atoms with Gasteiger partial charge in [0.25, 0.3) is 5.91 Å². The first kappa shape index (κ1) is 25.2. The van der Waals surface area contributed by atoms with Crippen LogP contribution in [0.3, 0.4) is 0 Å². The smallest absolute Gasteiger partial charge is 0.346 e. The van der Waals surface area contributed by atoms with Crippen LogP contribution in [0.5, 0.6) is 0 Å². The van der Waals surface area contributed by atoms with Gasteiger partial charge in [0.1, 0.15) is 5.82 Å². The number of carbonyl (C=O) groups excluding carboxylic acids is 1. The van der Waals surface area contributed by atoms with Gasteiger partial charge < -0.3 is 9.64 Å². The molecule has 3 aliphatic rings. The average molecular weight is 518 g/mol. The standard InChI is InChI=1S/C25H35N5O5S/c1-35-17-16-29-25(32)30(21-9-10-21)23(26-29)20-6-5-13-27(18-20)24(31)19-7-11-22(12-8-19)36(33,34)28-14-3-2-4-15-28/h7-8,11-12,20-21H,2-6,9-10,13-18H2,1H3. The summed E-state index contributed by atoms with van der Waals surface area (Å²) < 4.78 is 35.9. The third-order valence-corrected chi connectivity index (χ3v) is 9.36. The SMILES string of the molecule is COCCn1nc(C2CCCN(C(=O)c3ccc(S(=O)(=O)N4CCCCC4)cc3)C2)n(C2CC2)c1=O. The maximum atomic E-state index is 13.3. The highest BCUT2D eigenvalue weighted by atomic mass is 32.2. The molecule has 2 aliphatic heterocycles. The first-order valence-electron chi connectivity index (χ1n) is 13.0. The monoisotopic (exact) mass is 517 g/mol. The lowest BCUT2D eigenvalue weighted by Crippen LogP contribution is -2.40. The lowest BCUT2D eigenvalue weighted by atomic mass is 9.96. The van der Waals surface area contributed by atoms with E-state index in [1.807, 2.05) is 4.57 Å². The largest absolute Gasteiger partial charge is 0.383 e. The van der Waals surface area contributed by atoms with Crippen LogP contribution >= 0.6 is 0 Å². The second-order valence-electron chi connectivity index (χ2n) is 10.0. The van der Waals surface area contributed by atoms with E-state index in [1.165, 1.54) is 8.99 Å². The summed E-state index contributed by atoms with van der Waals surface area (Å²) in [5, 5.41) is 4.66. The van der Waals surface area contributed by atoms with Crippen molar-refractivity contribution < 1.29 is 17.9 Å². The van der Waals surface area contributed by atoms with Gasteiger partial charge in [0.15, 0.2) is 0 Å². The zero-order valence-corrected chi connectivity index (χ0v) is 21.7. The summed E-state index contributed by atoms with van der Waals surface area (Å²) in [4.78, 5) is 28.3. The number of likely N-dealkylation sites (tertiary alicyclic amines) is 1. The highest BCUT2D eigenvalue weighted by Gasteiger charge is 2.35. The molecule has 1 aromatic carbocycles. The zero-order valence-electron chi connectivity index (χ0n) is 20.8. The quantitative estimate of drug-likeness (QED) is 0.532. The van der Waals surface area contributed by atoms with Gasteiger partial charge in [-0.1, -0.05) is 6.42 Å². The minimum Gasteiger partial charge on any atom is -0.383 e. The number of nitrogens with zero attached hydrogens (tertiary/aromatic N) is 5. The van der Waals surface area contributed by atoms with Crippen LogP contribution in [0.25, 0.3) is 0 Å². The highest BCUT2D eigenvalue weighted by Crippen LogP contribution is 2.37. The predicted octanol–water partition coefficient (Wildman–Crippen LogP) is 2.22. The fourth-order valence-corrected chi connectivity index (χ4v) is 6.81. The van der Waals surface area contributed by atoms with Gasteiger partial charge in [-0.2, -0.15) is 9.40 Å². The number of benzene rings is 1. The van der Waals surface area contributed by atoms with E-state index in [4.69, 9.17) is 4.74 Å². The summed E-state index contributed by atoms with van der Waals surface area (Å²) in [6.45, 7) is 3.03. The lowest BCUT2D eigenvalue weighted by Gasteiger charge is -2.32. The summed E-state index contributed by atoms with van der Waals surface area (Å²) >= 11 is 0. The Bertz CT molecular complexity index is 1240. The molecule has 5 rings (SSSR count). The van der Waals surface area contributed by atoms with Crippen LogP contribution < -0.4 is 5.69 Å². The number of hydrogen-bond acceptors (Lipinski definition) is 6. The van der Waals surface area contributed by atoms with E-state index >= 15 is 0 Å². The summed E-state index contributed by atoms with van der Waals surface area (Å²) in [6, 6.07) is 6.51. The molecule has 1 saturated carbocycles. The number of hydrogen-bond donors (Lipinski definition) is 0. The Morgan fingerprint density at radius 1 is 1.03 bits per heavy atom. The molecule has 3 fully saturated rings. The summed E-state index contributed by atoms with van der Waals surface area (Å²) in [5.41, 5.74) is 0.372. The average Bonchev–Trinajstić information content (AvgIpc) is 3.70. The summed E-state index contributed by atoms with van der Waals surface area (Å²) in [6.07, 6.45) is 6.46. The molecule has 1 aromatic heterocycles. The Hall–Kier alpha value is -2.50. The molecule has 0 N–H and O–H groups in total. The second kappa shape index (κ2) is 10.5. The molecule has 2 saturated heterocycles. The van der Waals surface area contributed by atoms with Gasteiger partial charge in [0.2, 0.25) is 10.0 Å². The maximum Gasteiger partial charge on any atom is 0.346 e. The third kappa shape index (κ3) is 5.01. The van der Waals surface area contributed by atoms with E-state index in [9.17, 15) is 18.0 Å². The molecule has 3 heterocycles. The molecule has 1 atom stereocenters. The van der Waals surface area contributed by atoms with Crippen molar-refractivity contribution in [2.24, 2.45) is 0 Å². The number of amides is 1. The zero-order chi connectivity index (χ0) is 25.3. The highest BCUT2D eigenvalue weighted by molar-refractivity contribution is 7.89. The molecule has 1 amide bonds. The number of carbonyl (C=O) groups is 1. The van der Waals surface area contributed by atoms with Crippen molar-refractivity contribution in [1.29, 1.82) is 0 Å². The third-order valence-electron chi connectivity index (χ3n) is 7.44. The van der Waals surface area contributed by atoms with Crippen molar-refractivity contribution in [3.05, 3.63) is 46.1 Å². The van der Waals surface area contributed by atoms with Crippen LogP contribution in [0.1, 0.15) is 73.1 Å². The lowest BCUT2D eigenvalue weighted by molar-refractivity contribution is 0.0703. The van der Waals surface area contributed by atoms with Gasteiger partial charge in [0, 0.05) is 50.8 Å². The number of rotatable bonds is 8. The van der Waals surface area contributed by atoms with Gasteiger partial charge >= 0.3 is 5.69 Å². The number of aromatic nitrogens is 3.